The van der Waals surface area contributed by atoms with Crippen LogP contribution in [0.25, 0.3) is 0 Å². The minimum absolute atomic E-state index is 0.00125. The molecular formula is C19H22O2. The van der Waals surface area contributed by atoms with Crippen LogP contribution in [-0.2, 0) is 4.74 Å². The number of ether oxygens (including phenoxy) is 1. The van der Waals surface area contributed by atoms with Crippen LogP contribution in [-0.4, -0.2) is 5.11 Å². The number of rotatable bonds is 2. The van der Waals surface area contributed by atoms with E-state index in [1.165, 1.54) is 5.56 Å². The van der Waals surface area contributed by atoms with Gasteiger partial charge in [-0.15, -0.1) is 0 Å². The summed E-state index contributed by atoms with van der Waals surface area (Å²) in [5.41, 5.74) is 3.20. The fourth-order valence-electron chi connectivity index (χ4n) is 3.04. The molecule has 0 amide bonds. The van der Waals surface area contributed by atoms with Crippen molar-refractivity contribution in [2.24, 2.45) is 5.41 Å². The van der Waals surface area contributed by atoms with Gasteiger partial charge < -0.3 is 9.84 Å². The Balaban J connectivity index is 1.99. The molecule has 3 atom stereocenters. The number of hydrogen-bond acceptors (Lipinski definition) is 2. The highest BCUT2D eigenvalue weighted by atomic mass is 16.5. The van der Waals surface area contributed by atoms with Crippen LogP contribution in [0.3, 0.4) is 0 Å². The van der Waals surface area contributed by atoms with Crippen molar-refractivity contribution in [1.29, 1.82) is 0 Å². The predicted octanol–water partition coefficient (Wildman–Crippen LogP) is 4.58. The first-order chi connectivity index (χ1) is 9.98. The van der Waals surface area contributed by atoms with Crippen LogP contribution >= 0.6 is 0 Å². The number of hydrogen-bond donors (Lipinski definition) is 1. The van der Waals surface area contributed by atoms with Gasteiger partial charge in [0.25, 0.3) is 0 Å². The first kappa shape index (κ1) is 14.3. The van der Waals surface area contributed by atoms with Crippen molar-refractivity contribution >= 4 is 0 Å². The highest BCUT2D eigenvalue weighted by Crippen LogP contribution is 2.51. The fourth-order valence-corrected chi connectivity index (χ4v) is 3.04. The summed E-state index contributed by atoms with van der Waals surface area (Å²) in [6.07, 6.45) is -0.926. The van der Waals surface area contributed by atoms with Gasteiger partial charge >= 0.3 is 0 Å². The van der Waals surface area contributed by atoms with Crippen molar-refractivity contribution in [3.63, 3.8) is 0 Å². The van der Waals surface area contributed by atoms with Crippen molar-refractivity contribution in [3.8, 4) is 0 Å². The minimum atomic E-state index is -0.639. The summed E-state index contributed by atoms with van der Waals surface area (Å²) in [5.74, 6) is 0. The molecule has 0 fully saturated rings. The summed E-state index contributed by atoms with van der Waals surface area (Å²) in [5, 5.41) is 10.7. The maximum atomic E-state index is 10.7. The molecule has 2 heteroatoms. The topological polar surface area (TPSA) is 29.5 Å². The van der Waals surface area contributed by atoms with E-state index in [0.29, 0.717) is 0 Å². The molecular weight excluding hydrogens is 260 g/mol. The standard InChI is InChI=1S/C19H22O2/c1-19(2,3)18-15-12-8-7-11-14(15)17(21-18)16(20)13-9-5-4-6-10-13/h4-12,16-18,20H,1-3H3/t16-,17+,18?/m1/s1. The smallest absolute Gasteiger partial charge is 0.114 e. The van der Waals surface area contributed by atoms with Crippen molar-refractivity contribution in [2.45, 2.75) is 39.1 Å². The molecule has 110 valence electrons. The van der Waals surface area contributed by atoms with Gasteiger partial charge in [0.2, 0.25) is 0 Å². The SMILES string of the molecule is CC(C)(C)C1O[C@H]([C@H](O)c2ccccc2)c2ccccc21. The van der Waals surface area contributed by atoms with Crippen LogP contribution in [0.4, 0.5) is 0 Å². The second kappa shape index (κ2) is 5.28. The molecule has 0 aliphatic carbocycles. The molecule has 1 N–H and O–H groups in total. The lowest BCUT2D eigenvalue weighted by Crippen LogP contribution is -2.19. The normalized spacial score (nSPS) is 22.9. The lowest BCUT2D eigenvalue weighted by Gasteiger charge is -2.28. The third-order valence-corrected chi connectivity index (χ3v) is 4.08. The molecule has 0 saturated carbocycles. The van der Waals surface area contributed by atoms with E-state index >= 15 is 0 Å². The van der Waals surface area contributed by atoms with Crippen molar-refractivity contribution < 1.29 is 9.84 Å². The quantitative estimate of drug-likeness (QED) is 0.873. The first-order valence-electron chi connectivity index (χ1n) is 7.46. The van der Waals surface area contributed by atoms with Gasteiger partial charge in [-0.2, -0.15) is 0 Å². The maximum absolute atomic E-state index is 10.7. The van der Waals surface area contributed by atoms with E-state index < -0.39 is 6.10 Å². The second-order valence-electron chi connectivity index (χ2n) is 6.79. The van der Waals surface area contributed by atoms with Crippen LogP contribution in [0.15, 0.2) is 54.6 Å². The van der Waals surface area contributed by atoms with Crippen molar-refractivity contribution in [1.82, 2.24) is 0 Å². The highest BCUT2D eigenvalue weighted by Gasteiger charge is 2.41. The number of benzene rings is 2. The van der Waals surface area contributed by atoms with E-state index in [-0.39, 0.29) is 17.6 Å². The van der Waals surface area contributed by atoms with E-state index in [0.717, 1.165) is 11.1 Å². The van der Waals surface area contributed by atoms with E-state index in [1.807, 2.05) is 42.5 Å². The summed E-state index contributed by atoms with van der Waals surface area (Å²) in [6, 6.07) is 18.0. The second-order valence-corrected chi connectivity index (χ2v) is 6.79. The minimum Gasteiger partial charge on any atom is -0.385 e. The van der Waals surface area contributed by atoms with E-state index in [4.69, 9.17) is 4.74 Å². The first-order valence-corrected chi connectivity index (χ1v) is 7.46. The molecule has 2 aromatic carbocycles. The Bertz CT molecular complexity index is 613. The Morgan fingerprint density at radius 2 is 1.48 bits per heavy atom. The van der Waals surface area contributed by atoms with E-state index in [1.54, 1.807) is 0 Å². The zero-order chi connectivity index (χ0) is 15.0. The molecule has 0 saturated heterocycles. The average Bonchev–Trinajstić information content (AvgIpc) is 2.87. The van der Waals surface area contributed by atoms with E-state index in [2.05, 4.69) is 32.9 Å². The maximum Gasteiger partial charge on any atom is 0.114 e. The molecule has 2 nitrogen and oxygen atoms in total. The van der Waals surface area contributed by atoms with Crippen LogP contribution < -0.4 is 0 Å². The molecule has 1 unspecified atom stereocenters. The van der Waals surface area contributed by atoms with Gasteiger partial charge in [-0.3, -0.25) is 0 Å². The Kier molecular flexibility index (Phi) is 3.60. The third-order valence-electron chi connectivity index (χ3n) is 4.08. The number of aliphatic hydroxyl groups is 1. The average molecular weight is 282 g/mol. The van der Waals surface area contributed by atoms with Gasteiger partial charge in [0.1, 0.15) is 12.2 Å². The molecule has 0 bridgehead atoms. The Morgan fingerprint density at radius 3 is 2.10 bits per heavy atom. The highest BCUT2D eigenvalue weighted by molar-refractivity contribution is 5.37. The van der Waals surface area contributed by atoms with Gasteiger partial charge in [-0.05, 0) is 22.1 Å². The summed E-state index contributed by atoms with van der Waals surface area (Å²) < 4.78 is 6.26. The molecule has 1 aliphatic heterocycles. The third kappa shape index (κ3) is 2.61. The van der Waals surface area contributed by atoms with Gasteiger partial charge in [-0.25, -0.2) is 0 Å². The molecule has 2 aromatic rings. The number of aliphatic hydroxyl groups excluding tert-OH is 1. The Morgan fingerprint density at radius 1 is 0.905 bits per heavy atom. The van der Waals surface area contributed by atoms with Crippen molar-refractivity contribution in [3.05, 3.63) is 71.3 Å². The van der Waals surface area contributed by atoms with Gasteiger partial charge in [-0.1, -0.05) is 75.4 Å². The Hall–Kier alpha value is -1.64. The Labute approximate surface area is 126 Å². The molecule has 1 heterocycles. The lowest BCUT2D eigenvalue weighted by molar-refractivity contribution is -0.0973. The molecule has 0 aromatic heterocycles. The van der Waals surface area contributed by atoms with Crippen molar-refractivity contribution in [2.75, 3.05) is 0 Å². The molecule has 21 heavy (non-hydrogen) atoms. The largest absolute Gasteiger partial charge is 0.385 e. The van der Waals surface area contributed by atoms with Crippen LogP contribution in [0.5, 0.6) is 0 Å². The van der Waals surface area contributed by atoms with Crippen LogP contribution in [0, 0.1) is 5.41 Å². The monoisotopic (exact) mass is 282 g/mol. The fraction of sp³-hybridized carbons (Fsp3) is 0.368. The van der Waals surface area contributed by atoms with Crippen LogP contribution in [0.2, 0.25) is 0 Å². The summed E-state index contributed by atoms with van der Waals surface area (Å²) in [4.78, 5) is 0. The molecule has 3 rings (SSSR count). The summed E-state index contributed by atoms with van der Waals surface area (Å²) in [6.45, 7) is 6.52. The zero-order valence-electron chi connectivity index (χ0n) is 12.8. The van der Waals surface area contributed by atoms with Gasteiger partial charge in [0.15, 0.2) is 0 Å². The van der Waals surface area contributed by atoms with Gasteiger partial charge in [0, 0.05) is 0 Å². The molecule has 1 aliphatic rings. The number of fused-ring (bicyclic) bond motifs is 1. The summed E-state index contributed by atoms with van der Waals surface area (Å²) >= 11 is 0. The lowest BCUT2D eigenvalue weighted by atomic mass is 9.84. The van der Waals surface area contributed by atoms with E-state index in [9.17, 15) is 5.11 Å². The molecule has 0 radical (unpaired) electrons. The zero-order valence-corrected chi connectivity index (χ0v) is 12.8. The summed E-state index contributed by atoms with van der Waals surface area (Å²) in [7, 11) is 0. The van der Waals surface area contributed by atoms with Gasteiger partial charge in [0.05, 0.1) is 6.10 Å². The molecule has 0 spiro atoms. The van der Waals surface area contributed by atoms with Crippen LogP contribution in [0.1, 0.15) is 55.8 Å². The predicted molar refractivity (Wildman–Crippen MR) is 83.9 cm³/mol.